The van der Waals surface area contributed by atoms with Gasteiger partial charge in [-0.3, -0.25) is 0 Å². The summed E-state index contributed by atoms with van der Waals surface area (Å²) in [6.07, 6.45) is 0. The normalized spacial score (nSPS) is 11.2. The average Bonchev–Trinajstić information content (AvgIpc) is 2.36. The summed E-state index contributed by atoms with van der Waals surface area (Å²) in [4.78, 5) is 0.134. The Morgan fingerprint density at radius 2 is 2.11 bits per heavy atom. The number of nitrogens with two attached hydrogens (primary N) is 1. The van der Waals surface area contributed by atoms with Crippen LogP contribution in [0.3, 0.4) is 0 Å². The molecule has 0 radical (unpaired) electrons. The molecule has 0 saturated carbocycles. The highest BCUT2D eigenvalue weighted by Crippen LogP contribution is 2.20. The molecule has 5 nitrogen and oxygen atoms in total. The van der Waals surface area contributed by atoms with Gasteiger partial charge in [-0.2, -0.15) is 4.31 Å². The van der Waals surface area contributed by atoms with Gasteiger partial charge in [-0.1, -0.05) is 17.9 Å². The average molecular weight is 282 g/mol. The van der Waals surface area contributed by atoms with E-state index < -0.39 is 10.0 Å². The monoisotopic (exact) mass is 282 g/mol. The molecule has 0 spiro atoms. The minimum atomic E-state index is -3.65. The van der Waals surface area contributed by atoms with Crippen LogP contribution in [0.1, 0.15) is 11.1 Å². The minimum absolute atomic E-state index is 0.0416. The number of rotatable bonds is 4. The molecule has 6 heteroatoms. The van der Waals surface area contributed by atoms with Gasteiger partial charge in [0.1, 0.15) is 0 Å². The number of aliphatic hydroxyl groups excluding tert-OH is 1. The Kier molecular flexibility index (Phi) is 5.51. The van der Waals surface area contributed by atoms with Crippen molar-refractivity contribution in [2.45, 2.75) is 11.8 Å². The molecule has 0 unspecified atom stereocenters. The van der Waals surface area contributed by atoms with E-state index in [0.717, 1.165) is 9.87 Å². The first-order chi connectivity index (χ1) is 8.93. The summed E-state index contributed by atoms with van der Waals surface area (Å²) in [5.74, 6) is 5.43. The number of sulfonamides is 1. The first-order valence-corrected chi connectivity index (χ1v) is 7.24. The lowest BCUT2D eigenvalue weighted by Gasteiger charge is -2.17. The number of aliphatic hydroxyl groups is 1. The molecular weight excluding hydrogens is 264 g/mol. The molecule has 104 valence electrons. The van der Waals surface area contributed by atoms with Crippen LogP contribution < -0.4 is 5.73 Å². The molecule has 0 heterocycles. The lowest BCUT2D eigenvalue weighted by atomic mass is 10.1. The van der Waals surface area contributed by atoms with E-state index in [1.807, 2.05) is 6.92 Å². The summed E-state index contributed by atoms with van der Waals surface area (Å²) in [6, 6.07) is 4.95. The predicted octanol–water partition coefficient (Wildman–Crippen LogP) is -0.0820. The lowest BCUT2D eigenvalue weighted by molar-refractivity contribution is 0.266. The van der Waals surface area contributed by atoms with Gasteiger partial charge in [0.2, 0.25) is 10.0 Å². The fourth-order valence-electron chi connectivity index (χ4n) is 1.54. The summed E-state index contributed by atoms with van der Waals surface area (Å²) in [7, 11) is -2.23. The van der Waals surface area contributed by atoms with E-state index in [-0.39, 0.29) is 24.6 Å². The van der Waals surface area contributed by atoms with E-state index in [1.165, 1.54) is 13.1 Å². The molecule has 0 aliphatic heterocycles. The Hall–Kier alpha value is -1.39. The van der Waals surface area contributed by atoms with Crippen molar-refractivity contribution in [2.75, 3.05) is 26.7 Å². The van der Waals surface area contributed by atoms with Gasteiger partial charge >= 0.3 is 0 Å². The zero-order chi connectivity index (χ0) is 14.5. The van der Waals surface area contributed by atoms with E-state index in [0.29, 0.717) is 5.56 Å². The standard InChI is InChI=1S/C13H18N2O3S/c1-11-5-6-13(12(10-11)4-3-7-14)19(17,18)15(2)8-9-16/h5-6,10,16H,7-9,14H2,1-2H3. The summed E-state index contributed by atoms with van der Waals surface area (Å²) in [5.41, 5.74) is 6.66. The first kappa shape index (κ1) is 15.7. The van der Waals surface area contributed by atoms with Crippen LogP contribution in [0.25, 0.3) is 0 Å². The van der Waals surface area contributed by atoms with Crippen molar-refractivity contribution < 1.29 is 13.5 Å². The smallest absolute Gasteiger partial charge is 0.244 e. The molecule has 0 aliphatic carbocycles. The van der Waals surface area contributed by atoms with Crippen molar-refractivity contribution >= 4 is 10.0 Å². The Morgan fingerprint density at radius 1 is 1.42 bits per heavy atom. The van der Waals surface area contributed by atoms with Crippen LogP contribution >= 0.6 is 0 Å². The van der Waals surface area contributed by atoms with Gasteiger partial charge in [0.25, 0.3) is 0 Å². The summed E-state index contributed by atoms with van der Waals surface area (Å²) < 4.78 is 25.8. The molecule has 1 aromatic carbocycles. The van der Waals surface area contributed by atoms with Gasteiger partial charge in [-0.05, 0) is 24.6 Å². The second-order valence-corrected chi connectivity index (χ2v) is 6.07. The highest BCUT2D eigenvalue weighted by Gasteiger charge is 2.22. The van der Waals surface area contributed by atoms with Crippen molar-refractivity contribution in [3.8, 4) is 11.8 Å². The molecule has 0 amide bonds. The van der Waals surface area contributed by atoms with Crippen LogP contribution in [0, 0.1) is 18.8 Å². The molecule has 19 heavy (non-hydrogen) atoms. The summed E-state index contributed by atoms with van der Waals surface area (Å²) in [5, 5.41) is 8.85. The fraction of sp³-hybridized carbons (Fsp3) is 0.385. The number of likely N-dealkylation sites (N-methyl/N-ethyl adjacent to an activating group) is 1. The van der Waals surface area contributed by atoms with Gasteiger partial charge in [0, 0.05) is 19.2 Å². The molecule has 0 aromatic heterocycles. The molecule has 1 aromatic rings. The van der Waals surface area contributed by atoms with E-state index >= 15 is 0 Å². The van der Waals surface area contributed by atoms with E-state index in [4.69, 9.17) is 10.8 Å². The Labute approximate surface area is 114 Å². The van der Waals surface area contributed by atoms with Gasteiger partial charge in [-0.15, -0.1) is 0 Å². The highest BCUT2D eigenvalue weighted by atomic mass is 32.2. The van der Waals surface area contributed by atoms with Crippen molar-refractivity contribution in [1.29, 1.82) is 0 Å². The van der Waals surface area contributed by atoms with Crippen LogP contribution in [-0.2, 0) is 10.0 Å². The third-order valence-corrected chi connectivity index (χ3v) is 4.48. The zero-order valence-electron chi connectivity index (χ0n) is 11.0. The van der Waals surface area contributed by atoms with Gasteiger partial charge < -0.3 is 10.8 Å². The Balaban J connectivity index is 3.33. The van der Waals surface area contributed by atoms with Crippen LogP contribution in [0.15, 0.2) is 23.1 Å². The number of benzene rings is 1. The molecule has 0 saturated heterocycles. The zero-order valence-corrected chi connectivity index (χ0v) is 11.9. The number of hydrogen-bond acceptors (Lipinski definition) is 4. The lowest BCUT2D eigenvalue weighted by Crippen LogP contribution is -2.30. The van der Waals surface area contributed by atoms with Crippen LogP contribution in [0.5, 0.6) is 0 Å². The Bertz CT molecular complexity index is 600. The maximum Gasteiger partial charge on any atom is 0.244 e. The maximum atomic E-state index is 12.3. The van der Waals surface area contributed by atoms with E-state index in [9.17, 15) is 8.42 Å². The quantitative estimate of drug-likeness (QED) is 0.757. The second-order valence-electron chi connectivity index (χ2n) is 4.06. The number of aryl methyl sites for hydroxylation is 1. The van der Waals surface area contributed by atoms with E-state index in [1.54, 1.807) is 12.1 Å². The molecular formula is C13H18N2O3S. The second kappa shape index (κ2) is 6.68. The number of nitrogens with zero attached hydrogens (tertiary/aromatic N) is 1. The van der Waals surface area contributed by atoms with E-state index in [2.05, 4.69) is 11.8 Å². The van der Waals surface area contributed by atoms with Gasteiger partial charge in [-0.25, -0.2) is 8.42 Å². The molecule has 0 aliphatic rings. The largest absolute Gasteiger partial charge is 0.395 e. The predicted molar refractivity (Wildman–Crippen MR) is 74.0 cm³/mol. The first-order valence-electron chi connectivity index (χ1n) is 5.80. The summed E-state index contributed by atoms with van der Waals surface area (Å²) >= 11 is 0. The van der Waals surface area contributed by atoms with Gasteiger partial charge in [0.15, 0.2) is 0 Å². The third-order valence-electron chi connectivity index (χ3n) is 2.56. The fourth-order valence-corrected chi connectivity index (χ4v) is 2.83. The molecule has 1 rings (SSSR count). The minimum Gasteiger partial charge on any atom is -0.395 e. The topological polar surface area (TPSA) is 83.6 Å². The highest BCUT2D eigenvalue weighted by molar-refractivity contribution is 7.89. The Morgan fingerprint density at radius 3 is 2.68 bits per heavy atom. The summed E-state index contributed by atoms with van der Waals surface area (Å²) in [6.45, 7) is 1.84. The van der Waals surface area contributed by atoms with Crippen LogP contribution in [-0.4, -0.2) is 44.6 Å². The van der Waals surface area contributed by atoms with Gasteiger partial charge in [0.05, 0.1) is 18.0 Å². The van der Waals surface area contributed by atoms with Crippen molar-refractivity contribution in [1.82, 2.24) is 4.31 Å². The number of hydrogen-bond donors (Lipinski definition) is 2. The molecule has 0 fully saturated rings. The molecule has 3 N–H and O–H groups in total. The maximum absolute atomic E-state index is 12.3. The molecule has 0 bridgehead atoms. The van der Waals surface area contributed by atoms with Crippen molar-refractivity contribution in [3.63, 3.8) is 0 Å². The SMILES string of the molecule is Cc1ccc(S(=O)(=O)N(C)CCO)c(C#CCN)c1. The third kappa shape index (κ3) is 3.78. The van der Waals surface area contributed by atoms with Crippen LogP contribution in [0.2, 0.25) is 0 Å². The van der Waals surface area contributed by atoms with Crippen LogP contribution in [0.4, 0.5) is 0 Å². The van der Waals surface area contributed by atoms with Crippen molar-refractivity contribution in [2.24, 2.45) is 5.73 Å². The van der Waals surface area contributed by atoms with Crippen molar-refractivity contribution in [3.05, 3.63) is 29.3 Å². The molecule has 0 atom stereocenters.